The first-order chi connectivity index (χ1) is 13.7. The number of hydrogen-bond acceptors (Lipinski definition) is 4. The number of aryl methyl sites for hydroxylation is 1. The monoisotopic (exact) mass is 390 g/mol. The molecule has 1 N–H and O–H groups in total. The highest BCUT2D eigenvalue weighted by Crippen LogP contribution is 2.27. The lowest BCUT2D eigenvalue weighted by molar-refractivity contribution is -0.121. The molecule has 1 unspecified atom stereocenters. The highest BCUT2D eigenvalue weighted by Gasteiger charge is 2.20. The van der Waals surface area contributed by atoms with Crippen LogP contribution >= 0.6 is 11.3 Å². The van der Waals surface area contributed by atoms with E-state index in [9.17, 15) is 4.79 Å². The Balaban J connectivity index is 1.55. The zero-order valence-corrected chi connectivity index (χ0v) is 16.5. The van der Waals surface area contributed by atoms with Crippen LogP contribution in [0.15, 0.2) is 70.6 Å². The highest BCUT2D eigenvalue weighted by molar-refractivity contribution is 7.10. The van der Waals surface area contributed by atoms with Crippen LogP contribution in [0.25, 0.3) is 11.0 Å². The number of hydrogen-bond donors (Lipinski definition) is 1. The van der Waals surface area contributed by atoms with Gasteiger partial charge in [0.05, 0.1) is 12.5 Å². The molecule has 1 amide bonds. The number of amides is 1. The number of aromatic nitrogens is 1. The van der Waals surface area contributed by atoms with Crippen molar-refractivity contribution in [1.82, 2.24) is 10.5 Å². The molecule has 0 aliphatic carbocycles. The normalized spacial score (nSPS) is 12.2. The van der Waals surface area contributed by atoms with Gasteiger partial charge in [-0.2, -0.15) is 0 Å². The Labute approximate surface area is 168 Å². The first kappa shape index (κ1) is 18.4. The van der Waals surface area contributed by atoms with Gasteiger partial charge in [-0.3, -0.25) is 4.79 Å². The van der Waals surface area contributed by atoms with Gasteiger partial charge in [0.2, 0.25) is 5.91 Å². The molecule has 2 aromatic heterocycles. The molecule has 142 valence electrons. The number of nitrogens with zero attached hydrogens (tertiary/aromatic N) is 1. The molecule has 5 heteroatoms. The van der Waals surface area contributed by atoms with E-state index < -0.39 is 0 Å². The van der Waals surface area contributed by atoms with Crippen molar-refractivity contribution < 1.29 is 9.32 Å². The fourth-order valence-corrected chi connectivity index (χ4v) is 4.17. The molecule has 2 aromatic carbocycles. The van der Waals surface area contributed by atoms with Gasteiger partial charge in [0.1, 0.15) is 5.69 Å². The molecule has 0 spiro atoms. The topological polar surface area (TPSA) is 55.1 Å². The molecule has 2 heterocycles. The number of rotatable bonds is 7. The van der Waals surface area contributed by atoms with Crippen molar-refractivity contribution in [2.24, 2.45) is 0 Å². The summed E-state index contributed by atoms with van der Waals surface area (Å²) < 4.78 is 5.32. The van der Waals surface area contributed by atoms with Gasteiger partial charge in [-0.25, -0.2) is 0 Å². The number of carbonyl (C=O) groups is 1. The van der Waals surface area contributed by atoms with Crippen LogP contribution in [0, 0.1) is 0 Å². The standard InChI is InChI=1S/C23H22N2O2S/c1-2-6-16-10-12-17(13-11-16)23(21-9-5-14-28-21)24-22(26)15-19-18-7-3-4-8-20(18)27-25-19/h3-5,7-14,23H,2,6,15H2,1H3,(H,24,26). The van der Waals surface area contributed by atoms with Crippen molar-refractivity contribution in [3.05, 3.63) is 87.7 Å². The summed E-state index contributed by atoms with van der Waals surface area (Å²) in [5, 5.41) is 10.2. The number of thiophene rings is 1. The molecule has 4 nitrogen and oxygen atoms in total. The van der Waals surface area contributed by atoms with Crippen molar-refractivity contribution in [2.45, 2.75) is 32.2 Å². The van der Waals surface area contributed by atoms with Crippen molar-refractivity contribution in [1.29, 1.82) is 0 Å². The third kappa shape index (κ3) is 3.99. The van der Waals surface area contributed by atoms with Crippen molar-refractivity contribution in [3.63, 3.8) is 0 Å². The average Bonchev–Trinajstić information content (AvgIpc) is 3.38. The summed E-state index contributed by atoms with van der Waals surface area (Å²) in [6, 6.07) is 20.0. The Bertz CT molecular complexity index is 1050. The predicted molar refractivity (Wildman–Crippen MR) is 112 cm³/mol. The first-order valence-corrected chi connectivity index (χ1v) is 10.4. The Morgan fingerprint density at radius 2 is 1.93 bits per heavy atom. The molecule has 0 aliphatic heterocycles. The van der Waals surface area contributed by atoms with E-state index >= 15 is 0 Å². The SMILES string of the molecule is CCCc1ccc(C(NC(=O)Cc2noc3ccccc23)c2cccs2)cc1. The second-order valence-electron chi connectivity index (χ2n) is 6.81. The van der Waals surface area contributed by atoms with Crippen molar-refractivity contribution in [3.8, 4) is 0 Å². The summed E-state index contributed by atoms with van der Waals surface area (Å²) in [5.74, 6) is -0.0740. The van der Waals surface area contributed by atoms with E-state index in [2.05, 4.69) is 47.7 Å². The average molecular weight is 391 g/mol. The lowest BCUT2D eigenvalue weighted by Gasteiger charge is -2.18. The van der Waals surface area contributed by atoms with E-state index in [1.807, 2.05) is 35.7 Å². The first-order valence-electron chi connectivity index (χ1n) is 9.49. The molecule has 4 rings (SSSR count). The Kier molecular flexibility index (Phi) is 5.53. The molecule has 1 atom stereocenters. The fourth-order valence-electron chi connectivity index (χ4n) is 3.37. The van der Waals surface area contributed by atoms with Crippen LogP contribution in [0.3, 0.4) is 0 Å². The number of fused-ring (bicyclic) bond motifs is 1. The minimum absolute atomic E-state index is 0.0740. The quantitative estimate of drug-likeness (QED) is 0.466. The van der Waals surface area contributed by atoms with E-state index in [4.69, 9.17) is 4.52 Å². The van der Waals surface area contributed by atoms with Crippen LogP contribution in [0.1, 0.15) is 41.1 Å². The van der Waals surface area contributed by atoms with Crippen LogP contribution < -0.4 is 5.32 Å². The second-order valence-corrected chi connectivity index (χ2v) is 7.79. The molecule has 0 aliphatic rings. The largest absolute Gasteiger partial charge is 0.356 e. The molecule has 4 aromatic rings. The maximum atomic E-state index is 12.8. The van der Waals surface area contributed by atoms with Gasteiger partial charge >= 0.3 is 0 Å². The number of para-hydroxylation sites is 1. The smallest absolute Gasteiger partial charge is 0.226 e. The molecule has 0 bridgehead atoms. The lowest BCUT2D eigenvalue weighted by Crippen LogP contribution is -2.30. The van der Waals surface area contributed by atoms with Gasteiger partial charge < -0.3 is 9.84 Å². The van der Waals surface area contributed by atoms with E-state index in [1.165, 1.54) is 5.56 Å². The molecule has 0 saturated heterocycles. The summed E-state index contributed by atoms with van der Waals surface area (Å²) in [7, 11) is 0. The van der Waals surface area contributed by atoms with Crippen LogP contribution in [0.2, 0.25) is 0 Å². The van der Waals surface area contributed by atoms with Gasteiger partial charge in [-0.15, -0.1) is 11.3 Å². The maximum absolute atomic E-state index is 12.8. The van der Waals surface area contributed by atoms with Crippen molar-refractivity contribution >= 4 is 28.2 Å². The Hall–Kier alpha value is -2.92. The van der Waals surface area contributed by atoms with Crippen LogP contribution in [0.4, 0.5) is 0 Å². The third-order valence-corrected chi connectivity index (χ3v) is 5.70. The van der Waals surface area contributed by atoms with Crippen LogP contribution in [-0.2, 0) is 17.6 Å². The number of benzene rings is 2. The van der Waals surface area contributed by atoms with Crippen LogP contribution in [0.5, 0.6) is 0 Å². The zero-order chi connectivity index (χ0) is 19.3. The number of nitrogens with one attached hydrogen (secondary N) is 1. The lowest BCUT2D eigenvalue weighted by atomic mass is 10.0. The van der Waals surface area contributed by atoms with Crippen LogP contribution in [-0.4, -0.2) is 11.1 Å². The minimum atomic E-state index is -0.165. The van der Waals surface area contributed by atoms with Gasteiger partial charge in [0.15, 0.2) is 5.58 Å². The molecule has 0 fully saturated rings. The van der Waals surface area contributed by atoms with Gasteiger partial charge in [-0.05, 0) is 41.1 Å². The van der Waals surface area contributed by atoms with E-state index in [0.717, 1.165) is 28.7 Å². The van der Waals surface area contributed by atoms with E-state index in [-0.39, 0.29) is 18.4 Å². The molecule has 28 heavy (non-hydrogen) atoms. The maximum Gasteiger partial charge on any atom is 0.226 e. The van der Waals surface area contributed by atoms with E-state index in [0.29, 0.717) is 11.3 Å². The van der Waals surface area contributed by atoms with Gasteiger partial charge in [0, 0.05) is 10.3 Å². The summed E-state index contributed by atoms with van der Waals surface area (Å²) in [6.07, 6.45) is 2.37. The fraction of sp³-hybridized carbons (Fsp3) is 0.217. The number of carbonyl (C=O) groups excluding carboxylic acids is 1. The van der Waals surface area contributed by atoms with E-state index in [1.54, 1.807) is 11.3 Å². The molecular weight excluding hydrogens is 368 g/mol. The Morgan fingerprint density at radius 3 is 2.68 bits per heavy atom. The molecule has 0 radical (unpaired) electrons. The molecule has 0 saturated carbocycles. The third-order valence-electron chi connectivity index (χ3n) is 4.76. The van der Waals surface area contributed by atoms with Gasteiger partial charge in [-0.1, -0.05) is 61.0 Å². The summed E-state index contributed by atoms with van der Waals surface area (Å²) in [6.45, 7) is 2.18. The predicted octanol–water partition coefficient (Wildman–Crippen LogP) is 5.29. The summed E-state index contributed by atoms with van der Waals surface area (Å²) in [4.78, 5) is 13.9. The molecular formula is C23H22N2O2S. The zero-order valence-electron chi connectivity index (χ0n) is 15.7. The summed E-state index contributed by atoms with van der Waals surface area (Å²) in [5.41, 5.74) is 3.76. The summed E-state index contributed by atoms with van der Waals surface area (Å²) >= 11 is 1.64. The van der Waals surface area contributed by atoms with Crippen molar-refractivity contribution in [2.75, 3.05) is 0 Å². The second kappa shape index (κ2) is 8.40. The highest BCUT2D eigenvalue weighted by atomic mass is 32.1. The minimum Gasteiger partial charge on any atom is -0.356 e. The Morgan fingerprint density at radius 1 is 1.11 bits per heavy atom. The van der Waals surface area contributed by atoms with Gasteiger partial charge in [0.25, 0.3) is 0 Å².